The maximum absolute atomic E-state index is 16.9. The van der Waals surface area contributed by atoms with E-state index in [0.717, 1.165) is 0 Å². The minimum atomic E-state index is -2.30. The van der Waals surface area contributed by atoms with E-state index >= 15 is 9.59 Å². The number of fused-ring (bicyclic) bond motifs is 7. The van der Waals surface area contributed by atoms with E-state index in [0.29, 0.717) is 37.7 Å². The van der Waals surface area contributed by atoms with Gasteiger partial charge in [-0.1, -0.05) is 84.4 Å². The summed E-state index contributed by atoms with van der Waals surface area (Å²) >= 11 is 0. The van der Waals surface area contributed by atoms with Crippen LogP contribution in [0.5, 0.6) is 0 Å². The third kappa shape index (κ3) is 22.6. The molecule has 47 nitrogen and oxygen atoms in total. The number of nitrogens with one attached hydrogen (secondary N) is 1. The molecule has 0 aromatic rings. The van der Waals surface area contributed by atoms with Crippen molar-refractivity contribution in [2.24, 2.45) is 50.2 Å². The number of esters is 3. The Morgan fingerprint density at radius 1 is 0.493 bits per heavy atom. The highest BCUT2D eigenvalue weighted by Crippen LogP contribution is 2.76. The second kappa shape index (κ2) is 45.7. The van der Waals surface area contributed by atoms with Crippen LogP contribution >= 0.6 is 0 Å². The predicted molar refractivity (Wildman–Crippen MR) is 485 cm³/mol. The molecule has 0 radical (unpaired) electrons. The van der Waals surface area contributed by atoms with Crippen LogP contribution in [0.3, 0.4) is 0 Å². The van der Waals surface area contributed by atoms with Gasteiger partial charge < -0.3 is 213 Å². The van der Waals surface area contributed by atoms with E-state index in [-0.39, 0.29) is 61.5 Å². The van der Waals surface area contributed by atoms with Crippen LogP contribution in [0.25, 0.3) is 0 Å². The van der Waals surface area contributed by atoms with Gasteiger partial charge in [0.25, 0.3) is 0 Å². The smallest absolute Gasteiger partial charge is 0.336 e. The molecule has 13 rings (SSSR count). The number of amides is 1. The van der Waals surface area contributed by atoms with E-state index in [4.69, 9.17) is 85.3 Å². The number of allylic oxidation sites excluding steroid dienone is 4. The average molecular weight is 2070 g/mol. The molecule has 0 aromatic carbocycles. The van der Waals surface area contributed by atoms with Gasteiger partial charge in [0.15, 0.2) is 62.5 Å². The third-order valence-electron chi connectivity index (χ3n) is 33.6. The molecule has 25 N–H and O–H groups in total. The van der Waals surface area contributed by atoms with Crippen molar-refractivity contribution >= 4 is 23.8 Å². The first-order valence-corrected chi connectivity index (χ1v) is 49.5. The average Bonchev–Trinajstić information content (AvgIpc) is 0.697. The Morgan fingerprint density at radius 3 is 1.65 bits per heavy atom. The minimum Gasteiger partial charge on any atom is -0.458 e. The van der Waals surface area contributed by atoms with E-state index in [1.807, 2.05) is 20.8 Å². The van der Waals surface area contributed by atoms with E-state index in [1.54, 1.807) is 33.8 Å². The summed E-state index contributed by atoms with van der Waals surface area (Å²) in [7, 11) is 0. The lowest BCUT2D eigenvalue weighted by molar-refractivity contribution is -0.390. The third-order valence-corrected chi connectivity index (χ3v) is 33.6. The van der Waals surface area contributed by atoms with Crippen LogP contribution < -0.4 is 5.32 Å². The molecule has 12 fully saturated rings. The molecule has 13 aliphatic rings. The molecule has 4 saturated carbocycles. The van der Waals surface area contributed by atoms with Gasteiger partial charge in [0.05, 0.1) is 80.8 Å². The number of rotatable bonds is 34. The molecule has 8 heterocycles. The molecule has 0 aromatic heterocycles. The van der Waals surface area contributed by atoms with E-state index in [9.17, 15) is 132 Å². The number of carbonyl (C=O) groups is 4. The fourth-order valence-corrected chi connectivity index (χ4v) is 24.4. The van der Waals surface area contributed by atoms with E-state index < -0.39 is 371 Å². The zero-order chi connectivity index (χ0) is 106. The van der Waals surface area contributed by atoms with Gasteiger partial charge >= 0.3 is 17.9 Å². The number of carbonyl (C=O) groups excluding carboxylic acids is 4. The first-order valence-electron chi connectivity index (χ1n) is 49.5. The molecule has 0 spiro atoms. The van der Waals surface area contributed by atoms with Gasteiger partial charge in [-0.2, -0.15) is 0 Å². The van der Waals surface area contributed by atoms with Crippen molar-refractivity contribution in [3.8, 4) is 0 Å². The topological polar surface area (TPSA) is 732 Å². The molecular weight excluding hydrogens is 1920 g/mol. The van der Waals surface area contributed by atoms with Gasteiger partial charge in [-0.05, 0) is 145 Å². The maximum Gasteiger partial charge on any atom is 0.336 e. The number of aliphatic hydroxyl groups is 24. The molecule has 5 aliphatic carbocycles. The highest BCUT2D eigenvalue weighted by atomic mass is 16.8. The van der Waals surface area contributed by atoms with Crippen LogP contribution in [-0.2, 0) is 104 Å². The lowest BCUT2D eigenvalue weighted by Gasteiger charge is -2.72. The van der Waals surface area contributed by atoms with E-state index in [2.05, 4.69) is 38.4 Å². The summed E-state index contributed by atoms with van der Waals surface area (Å²) in [5.74, 6) is -5.32. The predicted octanol–water partition coefficient (Wildman–Crippen LogP) is -5.96. The van der Waals surface area contributed by atoms with Crippen molar-refractivity contribution in [2.45, 2.75) is 430 Å². The van der Waals surface area contributed by atoms with Gasteiger partial charge in [-0.15, -0.1) is 13.2 Å². The van der Waals surface area contributed by atoms with Gasteiger partial charge in [-0.3, -0.25) is 9.59 Å². The van der Waals surface area contributed by atoms with Gasteiger partial charge in [0.2, 0.25) is 12.2 Å². The summed E-state index contributed by atoms with van der Waals surface area (Å²) in [6.45, 7) is 25.2. The summed E-state index contributed by atoms with van der Waals surface area (Å²) in [6, 6.07) is -1.42. The first kappa shape index (κ1) is 116. The lowest BCUT2D eigenvalue weighted by Crippen LogP contribution is -2.70. The molecule has 50 unspecified atom stereocenters. The highest BCUT2D eigenvalue weighted by molar-refractivity contribution is 5.89. The van der Waals surface area contributed by atoms with Crippen LogP contribution in [0, 0.1) is 50.2 Å². The number of hydrogen-bond donors (Lipinski definition) is 25. The molecule has 144 heavy (non-hydrogen) atoms. The molecular formula is C97H153NO46. The number of hydrogen-bond acceptors (Lipinski definition) is 46. The van der Waals surface area contributed by atoms with Crippen molar-refractivity contribution in [1.29, 1.82) is 0 Å². The Kier molecular flexibility index (Phi) is 36.9. The number of aliphatic hydroxyl groups excluding tert-OH is 23. The van der Waals surface area contributed by atoms with Crippen LogP contribution in [0.4, 0.5) is 0 Å². The standard InChI is InChI=1S/C97H153NO46/c1-16-92(11,126)26-18-20-39(3)78(122)137-73-40(4)130-86(71(120)66(73)115)144-93(12,17-2)27-19-21-43(33-99)79(123)135-55-32-97(89(125)143-88-77(64(113)59(108)48(35-101)133-88)141-85-72(121)75(139-84-70(119)63(112)58(107)47(34-100)131-84)74(41(5)129-85)138-83-69(118)60(109)49(36-102)132-83)45(30-90(55,7)8)44-22-23-52-94(13)28-25-54(91(9,10)51(94)24-29-95(52,14)96(44,15)31-53(97)105)136-81-56(98-42(6)103)62(111)61(110)50(134-81)38-128-87-76(65(114)67(116)80(124)142-87)140-82-68(117)57(106)46(104)37-127-82/h16-17,20-22,40-41,45-77,80-88,99-102,104-121,124,126H,1-2,18-19,23-38H2,3-15H3,(H,98,103)/b39-20-,43-21-. The summed E-state index contributed by atoms with van der Waals surface area (Å²) < 4.78 is 110. The van der Waals surface area contributed by atoms with Crippen LogP contribution in [0.2, 0.25) is 0 Å². The van der Waals surface area contributed by atoms with Crippen molar-refractivity contribution in [1.82, 2.24) is 5.32 Å². The Morgan fingerprint density at radius 2 is 1.03 bits per heavy atom. The SMILES string of the molecule is C=CC(C)(O)CC/C=C(/C)C(=O)OC1C(C)OC(OC(C)(C=C)CC/C=C(/CO)C(=O)OC2CC3(C(=O)OC4OC(CO)C(O)C(O)C4OC4OC(C)C(OC5OC(CO)C(O)C5O)C(OC5OC(CO)C(O)C(O)C5O)C4O)C(O)CC4(C)C(=CCC5C6(C)CCC(OC7OC(COC8OC(O)C(O)C(O)C8OC8OCC(O)C(O)C8O)C(O)C(O)C7NC(C)=O)C(C)(C)C6CCC54C)C3CC2(C)C)C(O)C1O. The lowest BCUT2D eigenvalue weighted by atomic mass is 9.33. The Labute approximate surface area is 833 Å². The molecule has 8 saturated heterocycles. The summed E-state index contributed by atoms with van der Waals surface area (Å²) in [6.07, 6.45) is -62.3. The Balaban J connectivity index is 0.787. The quantitative estimate of drug-likeness (QED) is 0.00938. The Hall–Kier alpha value is -4.98. The number of ether oxygens (including phenoxy) is 18. The monoisotopic (exact) mass is 2070 g/mol. The second-order valence-corrected chi connectivity index (χ2v) is 43.8. The molecule has 822 valence electrons. The molecule has 0 bridgehead atoms. The van der Waals surface area contributed by atoms with Gasteiger partial charge in [-0.25, -0.2) is 9.59 Å². The maximum atomic E-state index is 16.9. The van der Waals surface area contributed by atoms with Crippen molar-refractivity contribution < 1.29 is 227 Å². The van der Waals surface area contributed by atoms with Crippen LogP contribution in [0.1, 0.15) is 167 Å². The van der Waals surface area contributed by atoms with Crippen molar-refractivity contribution in [3.63, 3.8) is 0 Å². The minimum absolute atomic E-state index is 0.0351. The molecule has 47 heteroatoms. The van der Waals surface area contributed by atoms with Crippen LogP contribution in [0.15, 0.2) is 60.3 Å². The Bertz CT molecular complexity index is 4470. The van der Waals surface area contributed by atoms with Gasteiger partial charge in [0.1, 0.15) is 164 Å². The summed E-state index contributed by atoms with van der Waals surface area (Å²) in [5, 5.41) is 272. The normalized spacial score (nSPS) is 47.9. The largest absolute Gasteiger partial charge is 0.458 e. The van der Waals surface area contributed by atoms with E-state index in [1.165, 1.54) is 45.9 Å². The first-order chi connectivity index (χ1) is 67.4. The van der Waals surface area contributed by atoms with Gasteiger partial charge in [0, 0.05) is 24.3 Å². The van der Waals surface area contributed by atoms with Crippen LogP contribution in [-0.4, -0.2) is 449 Å². The highest BCUT2D eigenvalue weighted by Gasteiger charge is 2.74. The zero-order valence-corrected chi connectivity index (χ0v) is 83.1. The summed E-state index contributed by atoms with van der Waals surface area (Å²) in [5.41, 5.74) is -8.74. The second-order valence-electron chi connectivity index (χ2n) is 43.8. The fraction of sp³-hybridized carbons (Fsp3) is 0.856. The fourth-order valence-electron chi connectivity index (χ4n) is 24.4. The van der Waals surface area contributed by atoms with Crippen molar-refractivity contribution in [3.05, 3.63) is 60.3 Å². The molecule has 8 aliphatic heterocycles. The zero-order valence-electron chi connectivity index (χ0n) is 83.1. The molecule has 50 atom stereocenters. The van der Waals surface area contributed by atoms with Crippen molar-refractivity contribution in [2.75, 3.05) is 39.6 Å². The molecule has 1 amide bonds. The summed E-state index contributed by atoms with van der Waals surface area (Å²) in [4.78, 5) is 58.3.